The lowest BCUT2D eigenvalue weighted by atomic mass is 10.4. The first-order valence-corrected chi connectivity index (χ1v) is 2.60. The smallest absolute Gasteiger partial charge is 0.134 e. The van der Waals surface area contributed by atoms with E-state index in [-0.39, 0.29) is 0 Å². The second kappa shape index (κ2) is 4.97. The molecule has 2 N–H and O–H groups in total. The highest BCUT2D eigenvalue weighted by atomic mass is 16.5. The molecule has 0 bridgehead atoms. The molecule has 0 aliphatic rings. The molecule has 0 amide bonds. The quantitative estimate of drug-likeness (QED) is 0.454. The van der Waals surface area contributed by atoms with Crippen LogP contribution in [-0.4, -0.2) is 7.11 Å². The van der Waals surface area contributed by atoms with Gasteiger partial charge in [0.1, 0.15) is 5.76 Å². The van der Waals surface area contributed by atoms with Crippen LogP contribution in [0.25, 0.3) is 0 Å². The Kier molecular flexibility index (Phi) is 4.32. The summed E-state index contributed by atoms with van der Waals surface area (Å²) in [6.45, 7) is 3.49. The minimum absolute atomic E-state index is 0.634. The third-order valence-electron chi connectivity index (χ3n) is 0.797. The second-order valence-corrected chi connectivity index (χ2v) is 1.37. The van der Waals surface area contributed by atoms with Crippen molar-refractivity contribution in [3.05, 3.63) is 36.8 Å². The zero-order valence-corrected chi connectivity index (χ0v) is 5.50. The highest BCUT2D eigenvalue weighted by molar-refractivity contribution is 5.14. The summed E-state index contributed by atoms with van der Waals surface area (Å²) in [5, 5.41) is 0. The van der Waals surface area contributed by atoms with Gasteiger partial charge in [0.25, 0.3) is 0 Å². The number of rotatable bonds is 3. The molecule has 2 nitrogen and oxygen atoms in total. The van der Waals surface area contributed by atoms with Crippen molar-refractivity contribution >= 4 is 0 Å². The van der Waals surface area contributed by atoms with Gasteiger partial charge in [-0.05, 0) is 6.08 Å². The third kappa shape index (κ3) is 3.41. The molecule has 0 aromatic carbocycles. The van der Waals surface area contributed by atoms with Gasteiger partial charge in [-0.15, -0.1) is 0 Å². The summed E-state index contributed by atoms with van der Waals surface area (Å²) < 4.78 is 4.80. The zero-order chi connectivity index (χ0) is 7.11. The molecule has 50 valence electrons. The molecule has 0 heterocycles. The molecular formula is C7H11NO. The fraction of sp³-hybridized carbons (Fsp3) is 0.143. The van der Waals surface area contributed by atoms with Gasteiger partial charge in [-0.25, -0.2) is 0 Å². The summed E-state index contributed by atoms with van der Waals surface area (Å²) in [5.74, 6) is 0.634. The Balaban J connectivity index is 3.84. The summed E-state index contributed by atoms with van der Waals surface area (Å²) in [6, 6.07) is 0. The molecule has 0 rings (SSSR count). The number of methoxy groups -OCH3 is 1. The highest BCUT2D eigenvalue weighted by Gasteiger charge is 1.81. The molecule has 0 radical (unpaired) electrons. The van der Waals surface area contributed by atoms with Crippen LogP contribution in [0.3, 0.4) is 0 Å². The van der Waals surface area contributed by atoms with Crippen LogP contribution in [0.5, 0.6) is 0 Å². The summed E-state index contributed by atoms with van der Waals surface area (Å²) in [6.07, 6.45) is 6.53. The van der Waals surface area contributed by atoms with E-state index in [2.05, 4.69) is 6.58 Å². The van der Waals surface area contributed by atoms with Gasteiger partial charge in [-0.2, -0.15) is 0 Å². The Morgan fingerprint density at radius 2 is 2.33 bits per heavy atom. The van der Waals surface area contributed by atoms with Crippen molar-refractivity contribution in [3.8, 4) is 0 Å². The molecule has 0 aromatic rings. The number of ether oxygens (including phenoxy) is 1. The van der Waals surface area contributed by atoms with Crippen molar-refractivity contribution < 1.29 is 4.74 Å². The van der Waals surface area contributed by atoms with Gasteiger partial charge >= 0.3 is 0 Å². The highest BCUT2D eigenvalue weighted by Crippen LogP contribution is 1.93. The Bertz CT molecular complexity index is 136. The van der Waals surface area contributed by atoms with Crippen LogP contribution in [0.15, 0.2) is 36.8 Å². The summed E-state index contributed by atoms with van der Waals surface area (Å²) in [4.78, 5) is 0. The van der Waals surface area contributed by atoms with Crippen LogP contribution in [0.1, 0.15) is 0 Å². The van der Waals surface area contributed by atoms with Crippen molar-refractivity contribution in [1.82, 2.24) is 0 Å². The number of hydrogen-bond acceptors (Lipinski definition) is 2. The normalized spacial score (nSPS) is 11.9. The summed E-state index contributed by atoms with van der Waals surface area (Å²) >= 11 is 0. The molecule has 0 saturated heterocycles. The molecule has 2 heteroatoms. The van der Waals surface area contributed by atoms with Crippen LogP contribution in [0.4, 0.5) is 0 Å². The van der Waals surface area contributed by atoms with E-state index in [1.165, 1.54) is 6.20 Å². The molecule has 0 spiro atoms. The van der Waals surface area contributed by atoms with Gasteiger partial charge in [0.2, 0.25) is 0 Å². The summed E-state index contributed by atoms with van der Waals surface area (Å²) in [5.41, 5.74) is 5.15. The van der Waals surface area contributed by atoms with Crippen molar-refractivity contribution in [2.45, 2.75) is 0 Å². The van der Waals surface area contributed by atoms with E-state index in [0.29, 0.717) is 5.76 Å². The second-order valence-electron chi connectivity index (χ2n) is 1.37. The van der Waals surface area contributed by atoms with Crippen molar-refractivity contribution in [3.63, 3.8) is 0 Å². The van der Waals surface area contributed by atoms with Crippen LogP contribution >= 0.6 is 0 Å². The topological polar surface area (TPSA) is 35.2 Å². The van der Waals surface area contributed by atoms with E-state index in [1.54, 1.807) is 25.3 Å². The Labute approximate surface area is 55.3 Å². The predicted molar refractivity (Wildman–Crippen MR) is 38.6 cm³/mol. The molecule has 0 saturated carbocycles. The zero-order valence-electron chi connectivity index (χ0n) is 5.50. The fourth-order valence-corrected chi connectivity index (χ4v) is 0.355. The average Bonchev–Trinajstić information content (AvgIpc) is 1.91. The third-order valence-corrected chi connectivity index (χ3v) is 0.797. The van der Waals surface area contributed by atoms with E-state index >= 15 is 0 Å². The van der Waals surface area contributed by atoms with Gasteiger partial charge in [0.05, 0.1) is 7.11 Å². The van der Waals surface area contributed by atoms with Crippen LogP contribution < -0.4 is 5.73 Å². The predicted octanol–water partition coefficient (Wildman–Crippen LogP) is 1.18. The Hall–Kier alpha value is -1.18. The first-order chi connectivity index (χ1) is 4.35. The van der Waals surface area contributed by atoms with Crippen molar-refractivity contribution in [2.75, 3.05) is 7.11 Å². The van der Waals surface area contributed by atoms with E-state index in [1.807, 2.05) is 0 Å². The Morgan fingerprint density at radius 3 is 2.67 bits per heavy atom. The monoisotopic (exact) mass is 125 g/mol. The van der Waals surface area contributed by atoms with Gasteiger partial charge < -0.3 is 10.5 Å². The lowest BCUT2D eigenvalue weighted by Gasteiger charge is -1.94. The van der Waals surface area contributed by atoms with Crippen molar-refractivity contribution in [1.29, 1.82) is 0 Å². The van der Waals surface area contributed by atoms with Gasteiger partial charge in [-0.1, -0.05) is 18.7 Å². The van der Waals surface area contributed by atoms with Gasteiger partial charge in [-0.3, -0.25) is 0 Å². The minimum Gasteiger partial charge on any atom is -0.495 e. The van der Waals surface area contributed by atoms with Crippen LogP contribution in [0.2, 0.25) is 0 Å². The maximum atomic E-state index is 5.15. The van der Waals surface area contributed by atoms with Gasteiger partial charge in [0, 0.05) is 6.20 Å². The molecule has 0 unspecified atom stereocenters. The maximum absolute atomic E-state index is 5.15. The number of allylic oxidation sites excluding steroid dienone is 3. The number of nitrogens with two attached hydrogens (primary N) is 1. The number of hydrogen-bond donors (Lipinski definition) is 1. The van der Waals surface area contributed by atoms with Crippen LogP contribution in [-0.2, 0) is 4.74 Å². The van der Waals surface area contributed by atoms with E-state index in [4.69, 9.17) is 10.5 Å². The largest absolute Gasteiger partial charge is 0.495 e. The first kappa shape index (κ1) is 7.82. The molecule has 0 aliphatic carbocycles. The molecular weight excluding hydrogens is 114 g/mol. The first-order valence-electron chi connectivity index (χ1n) is 2.60. The maximum Gasteiger partial charge on any atom is 0.134 e. The average molecular weight is 125 g/mol. The molecule has 0 aromatic heterocycles. The molecule has 0 aliphatic heterocycles. The fourth-order valence-electron chi connectivity index (χ4n) is 0.355. The SMILES string of the molecule is C=C/C=C\C(=C/N)OC. The Morgan fingerprint density at radius 1 is 1.67 bits per heavy atom. The molecule has 9 heavy (non-hydrogen) atoms. The molecule has 0 fully saturated rings. The van der Waals surface area contributed by atoms with Gasteiger partial charge in [0.15, 0.2) is 0 Å². The lowest BCUT2D eigenvalue weighted by molar-refractivity contribution is 0.306. The van der Waals surface area contributed by atoms with Crippen LogP contribution in [0, 0.1) is 0 Å². The van der Waals surface area contributed by atoms with Crippen molar-refractivity contribution in [2.24, 2.45) is 5.73 Å². The lowest BCUT2D eigenvalue weighted by Crippen LogP contribution is -1.87. The minimum atomic E-state index is 0.634. The van der Waals surface area contributed by atoms with E-state index < -0.39 is 0 Å². The standard InChI is InChI=1S/C7H11NO/c1-3-4-5-7(6-8)9-2/h3-6H,1,8H2,2H3/b5-4-,7-6+. The van der Waals surface area contributed by atoms with E-state index in [9.17, 15) is 0 Å². The van der Waals surface area contributed by atoms with E-state index in [0.717, 1.165) is 0 Å². The summed E-state index contributed by atoms with van der Waals surface area (Å²) in [7, 11) is 1.56. The molecule has 0 atom stereocenters.